The maximum Gasteiger partial charge on any atom is 0.100 e. The van der Waals surface area contributed by atoms with E-state index in [2.05, 4.69) is 66.6 Å². The van der Waals surface area contributed by atoms with Crippen molar-refractivity contribution in [3.8, 4) is 22.4 Å². The maximum absolute atomic E-state index is 9.79. The van der Waals surface area contributed by atoms with Gasteiger partial charge >= 0.3 is 0 Å². The zero-order chi connectivity index (χ0) is 19.3. The van der Waals surface area contributed by atoms with Crippen molar-refractivity contribution in [1.82, 2.24) is 9.78 Å². The minimum absolute atomic E-state index is 0.136. The van der Waals surface area contributed by atoms with Gasteiger partial charge in [0.05, 0.1) is 0 Å². The second-order valence-electron chi connectivity index (χ2n) is 7.87. The van der Waals surface area contributed by atoms with Gasteiger partial charge in [-0.15, -0.1) is 0 Å². The molecule has 1 heterocycles. The van der Waals surface area contributed by atoms with E-state index in [9.17, 15) is 5.11 Å². The SMILES string of the molecule is Cc1ccc(-c2nn(CC3CC[CH]CC3)c(CCO)c2-c2ccccc2)cc1. The lowest BCUT2D eigenvalue weighted by Crippen LogP contribution is -2.17. The average Bonchev–Trinajstić information content (AvgIpc) is 3.08. The first-order chi connectivity index (χ1) is 13.8. The number of hydrogen-bond donors (Lipinski definition) is 1. The molecular formula is C25H29N2O. The minimum atomic E-state index is 0.136. The van der Waals surface area contributed by atoms with Gasteiger partial charge in [-0.05, 0) is 50.5 Å². The second kappa shape index (κ2) is 8.74. The zero-order valence-corrected chi connectivity index (χ0v) is 16.6. The normalized spacial score (nSPS) is 15.1. The van der Waals surface area contributed by atoms with E-state index in [4.69, 9.17) is 5.10 Å². The van der Waals surface area contributed by atoms with Crippen LogP contribution in [0.2, 0.25) is 0 Å². The fourth-order valence-electron chi connectivity index (χ4n) is 4.25. The van der Waals surface area contributed by atoms with Crippen molar-refractivity contribution in [2.75, 3.05) is 6.61 Å². The Morgan fingerprint density at radius 1 is 0.964 bits per heavy atom. The lowest BCUT2D eigenvalue weighted by molar-refractivity contribution is 0.289. The lowest BCUT2D eigenvalue weighted by atomic mass is 9.89. The van der Waals surface area contributed by atoms with Crippen LogP contribution in [0.5, 0.6) is 0 Å². The van der Waals surface area contributed by atoms with E-state index in [1.807, 2.05) is 6.07 Å². The number of aromatic nitrogens is 2. The van der Waals surface area contributed by atoms with E-state index in [-0.39, 0.29) is 6.61 Å². The fourth-order valence-corrected chi connectivity index (χ4v) is 4.25. The van der Waals surface area contributed by atoms with Crippen LogP contribution in [0, 0.1) is 19.3 Å². The van der Waals surface area contributed by atoms with Crippen molar-refractivity contribution in [2.45, 2.75) is 45.6 Å². The summed E-state index contributed by atoms with van der Waals surface area (Å²) in [5.74, 6) is 0.664. The van der Waals surface area contributed by atoms with Crippen molar-refractivity contribution in [3.05, 3.63) is 72.3 Å². The Labute approximate surface area is 168 Å². The summed E-state index contributed by atoms with van der Waals surface area (Å²) in [7, 11) is 0. The molecule has 1 fully saturated rings. The molecule has 28 heavy (non-hydrogen) atoms. The maximum atomic E-state index is 9.79. The molecule has 3 aromatic rings. The zero-order valence-electron chi connectivity index (χ0n) is 16.6. The molecule has 2 aromatic carbocycles. The van der Waals surface area contributed by atoms with E-state index in [0.29, 0.717) is 12.3 Å². The number of aliphatic hydroxyl groups excluding tert-OH is 1. The topological polar surface area (TPSA) is 38.0 Å². The van der Waals surface area contributed by atoms with Crippen LogP contribution in [0.1, 0.15) is 36.9 Å². The molecule has 0 bridgehead atoms. The first kappa shape index (κ1) is 18.9. The van der Waals surface area contributed by atoms with Crippen LogP contribution in [0.15, 0.2) is 54.6 Å². The van der Waals surface area contributed by atoms with Gasteiger partial charge in [-0.1, -0.05) is 60.2 Å². The van der Waals surface area contributed by atoms with E-state index in [0.717, 1.165) is 23.5 Å². The van der Waals surface area contributed by atoms with E-state index in [1.165, 1.54) is 42.4 Å². The van der Waals surface area contributed by atoms with Crippen LogP contribution in [0.3, 0.4) is 0 Å². The van der Waals surface area contributed by atoms with Crippen LogP contribution >= 0.6 is 0 Å². The summed E-state index contributed by atoms with van der Waals surface area (Å²) >= 11 is 0. The molecule has 145 valence electrons. The molecule has 0 aliphatic heterocycles. The van der Waals surface area contributed by atoms with Crippen LogP contribution in [0.25, 0.3) is 22.4 Å². The number of aryl methyl sites for hydroxylation is 1. The third-order valence-electron chi connectivity index (χ3n) is 5.78. The van der Waals surface area contributed by atoms with Crippen molar-refractivity contribution in [3.63, 3.8) is 0 Å². The summed E-state index contributed by atoms with van der Waals surface area (Å²) in [6, 6.07) is 19.1. The second-order valence-corrected chi connectivity index (χ2v) is 7.87. The highest BCUT2D eigenvalue weighted by Gasteiger charge is 2.23. The molecule has 0 amide bonds. The first-order valence-electron chi connectivity index (χ1n) is 10.4. The molecule has 0 atom stereocenters. The lowest BCUT2D eigenvalue weighted by Gasteiger charge is -2.22. The predicted octanol–water partition coefficient (Wildman–Crippen LogP) is 5.45. The molecule has 1 aromatic heterocycles. The highest BCUT2D eigenvalue weighted by atomic mass is 16.3. The van der Waals surface area contributed by atoms with Crippen LogP contribution in [0.4, 0.5) is 0 Å². The number of nitrogens with zero attached hydrogens (tertiary/aromatic N) is 2. The van der Waals surface area contributed by atoms with Gasteiger partial charge in [-0.25, -0.2) is 0 Å². The van der Waals surface area contributed by atoms with Crippen LogP contribution < -0.4 is 0 Å². The van der Waals surface area contributed by atoms with E-state index in [1.54, 1.807) is 0 Å². The summed E-state index contributed by atoms with van der Waals surface area (Å²) in [6.07, 6.45) is 7.91. The van der Waals surface area contributed by atoms with Gasteiger partial charge in [0.2, 0.25) is 0 Å². The summed E-state index contributed by atoms with van der Waals surface area (Å²) < 4.78 is 2.18. The molecule has 0 spiro atoms. The van der Waals surface area contributed by atoms with Crippen molar-refractivity contribution < 1.29 is 5.11 Å². The Morgan fingerprint density at radius 2 is 1.68 bits per heavy atom. The number of aliphatic hydroxyl groups is 1. The first-order valence-corrected chi connectivity index (χ1v) is 10.4. The van der Waals surface area contributed by atoms with Gasteiger partial charge in [-0.2, -0.15) is 5.10 Å². The molecule has 1 aliphatic carbocycles. The van der Waals surface area contributed by atoms with Crippen molar-refractivity contribution >= 4 is 0 Å². The largest absolute Gasteiger partial charge is 0.396 e. The standard InChI is InChI=1S/C25H29N2O/c1-19-12-14-22(15-13-19)25-24(21-10-6-3-7-11-21)23(16-17-28)27(26-25)18-20-8-4-2-5-9-20/h2-3,6-7,10-15,20,28H,4-5,8-9,16-18H2,1H3. The highest BCUT2D eigenvalue weighted by Crippen LogP contribution is 2.36. The molecule has 1 aliphatic rings. The van der Waals surface area contributed by atoms with Gasteiger partial charge in [0.1, 0.15) is 5.69 Å². The molecule has 3 nitrogen and oxygen atoms in total. The Kier molecular flexibility index (Phi) is 5.92. The Bertz CT molecular complexity index is 890. The van der Waals surface area contributed by atoms with Crippen molar-refractivity contribution in [1.29, 1.82) is 0 Å². The summed E-state index contributed by atoms with van der Waals surface area (Å²) in [6.45, 7) is 3.18. The van der Waals surface area contributed by atoms with E-state index < -0.39 is 0 Å². The third kappa shape index (κ3) is 4.05. The molecule has 3 heteroatoms. The van der Waals surface area contributed by atoms with Crippen molar-refractivity contribution in [2.24, 2.45) is 5.92 Å². The summed E-state index contributed by atoms with van der Waals surface area (Å²) in [5, 5.41) is 14.9. The highest BCUT2D eigenvalue weighted by molar-refractivity contribution is 5.83. The number of rotatable bonds is 6. The number of hydrogen-bond acceptors (Lipinski definition) is 2. The Hall–Kier alpha value is -2.39. The predicted molar refractivity (Wildman–Crippen MR) is 115 cm³/mol. The molecule has 1 saturated carbocycles. The molecule has 0 saturated heterocycles. The van der Waals surface area contributed by atoms with E-state index >= 15 is 0 Å². The van der Waals surface area contributed by atoms with Gasteiger partial charge in [0.25, 0.3) is 0 Å². The van der Waals surface area contributed by atoms with Crippen LogP contribution in [-0.2, 0) is 13.0 Å². The summed E-state index contributed by atoms with van der Waals surface area (Å²) in [4.78, 5) is 0. The van der Waals surface area contributed by atoms with Gasteiger partial charge in [0, 0.05) is 36.4 Å². The van der Waals surface area contributed by atoms with Crippen LogP contribution in [-0.4, -0.2) is 21.5 Å². The molecule has 0 unspecified atom stereocenters. The third-order valence-corrected chi connectivity index (χ3v) is 5.78. The smallest absolute Gasteiger partial charge is 0.100 e. The molecule has 1 radical (unpaired) electrons. The van der Waals surface area contributed by atoms with Gasteiger partial charge in [0.15, 0.2) is 0 Å². The average molecular weight is 374 g/mol. The monoisotopic (exact) mass is 373 g/mol. The minimum Gasteiger partial charge on any atom is -0.396 e. The quantitative estimate of drug-likeness (QED) is 0.623. The Morgan fingerprint density at radius 3 is 2.36 bits per heavy atom. The summed E-state index contributed by atoms with van der Waals surface area (Å²) in [5.41, 5.74) is 6.90. The molecule has 4 rings (SSSR count). The fraction of sp³-hybridized carbons (Fsp3) is 0.360. The van der Waals surface area contributed by atoms with Gasteiger partial charge < -0.3 is 5.11 Å². The molecule has 1 N–H and O–H groups in total. The molecular weight excluding hydrogens is 344 g/mol. The van der Waals surface area contributed by atoms with Gasteiger partial charge in [-0.3, -0.25) is 4.68 Å². The number of benzene rings is 2. The Balaban J connectivity index is 1.83.